The molecule has 0 spiro atoms. The van der Waals surface area contributed by atoms with Crippen LogP contribution in [-0.4, -0.2) is 31.4 Å². The molecular weight excluding hydrogens is 591 g/mol. The Balaban J connectivity index is 1.36. The summed E-state index contributed by atoms with van der Waals surface area (Å²) in [5.41, 5.74) is 0.896. The number of nitrogens with zero attached hydrogens (tertiary/aromatic N) is 4. The molecule has 2 heterocycles. The van der Waals surface area contributed by atoms with Crippen molar-refractivity contribution in [1.29, 1.82) is 0 Å². The molecule has 7 nitrogen and oxygen atoms in total. The highest BCUT2D eigenvalue weighted by atomic mass is 79.9. The Bertz CT molecular complexity index is 1390. The Morgan fingerprint density at radius 3 is 2.73 bits per heavy atom. The number of thioether (sulfide) groups is 1. The van der Waals surface area contributed by atoms with Crippen LogP contribution in [0.1, 0.15) is 11.4 Å². The fourth-order valence-corrected chi connectivity index (χ4v) is 4.89. The summed E-state index contributed by atoms with van der Waals surface area (Å²) in [4.78, 5) is 17.0. The summed E-state index contributed by atoms with van der Waals surface area (Å²) in [6, 6.07) is 12.3. The molecule has 0 saturated carbocycles. The van der Waals surface area contributed by atoms with E-state index in [1.807, 2.05) is 29.6 Å². The van der Waals surface area contributed by atoms with Gasteiger partial charge >= 0.3 is 6.18 Å². The SMILES string of the molecule is C=CCn1c(COc2cccc(C(F)(F)F)c2)nnc1SCC(=O)Nc1nc(-c2ccc(Br)cc2)cs1. The van der Waals surface area contributed by atoms with Crippen molar-refractivity contribution in [1.82, 2.24) is 19.7 Å². The molecule has 0 atom stereocenters. The van der Waals surface area contributed by atoms with Crippen LogP contribution in [0.25, 0.3) is 11.3 Å². The maximum Gasteiger partial charge on any atom is 0.416 e. The Morgan fingerprint density at radius 1 is 1.22 bits per heavy atom. The van der Waals surface area contributed by atoms with Crippen molar-refractivity contribution < 1.29 is 22.7 Å². The smallest absolute Gasteiger partial charge is 0.416 e. The van der Waals surface area contributed by atoms with Crippen LogP contribution in [0.3, 0.4) is 0 Å². The number of ether oxygens (including phenoxy) is 1. The van der Waals surface area contributed by atoms with Crippen molar-refractivity contribution in [2.45, 2.75) is 24.5 Å². The first-order valence-corrected chi connectivity index (χ1v) is 13.4. The third-order valence-corrected chi connectivity index (χ3v) is 7.11. The number of amides is 1. The van der Waals surface area contributed by atoms with E-state index in [0.717, 1.165) is 39.6 Å². The van der Waals surface area contributed by atoms with Gasteiger partial charge in [0.15, 0.2) is 16.1 Å². The first kappa shape index (κ1) is 26.9. The Hall–Kier alpha value is -3.16. The van der Waals surface area contributed by atoms with Crippen LogP contribution in [0.5, 0.6) is 5.75 Å². The number of carbonyl (C=O) groups is 1. The lowest BCUT2D eigenvalue weighted by molar-refractivity contribution is -0.137. The van der Waals surface area contributed by atoms with Crippen LogP contribution < -0.4 is 10.1 Å². The van der Waals surface area contributed by atoms with Crippen LogP contribution >= 0.6 is 39.0 Å². The van der Waals surface area contributed by atoms with Gasteiger partial charge in [-0.2, -0.15) is 13.2 Å². The van der Waals surface area contributed by atoms with Crippen LogP contribution in [0, 0.1) is 0 Å². The molecule has 4 rings (SSSR count). The average Bonchev–Trinajstić information content (AvgIpc) is 3.49. The van der Waals surface area contributed by atoms with Gasteiger partial charge in [-0.3, -0.25) is 9.36 Å². The second kappa shape index (κ2) is 11.9. The lowest BCUT2D eigenvalue weighted by Crippen LogP contribution is -2.15. The number of nitrogens with one attached hydrogen (secondary N) is 1. The summed E-state index contributed by atoms with van der Waals surface area (Å²) in [6.07, 6.45) is -2.84. The van der Waals surface area contributed by atoms with E-state index in [1.165, 1.54) is 23.5 Å². The molecule has 1 amide bonds. The van der Waals surface area contributed by atoms with Crippen molar-refractivity contribution >= 4 is 50.1 Å². The zero-order valence-corrected chi connectivity index (χ0v) is 22.3. The number of rotatable bonds is 10. The molecule has 13 heteroatoms. The molecule has 1 N–H and O–H groups in total. The molecule has 192 valence electrons. The van der Waals surface area contributed by atoms with Gasteiger partial charge in [-0.15, -0.1) is 28.1 Å². The lowest BCUT2D eigenvalue weighted by atomic mass is 10.2. The van der Waals surface area contributed by atoms with E-state index in [9.17, 15) is 18.0 Å². The van der Waals surface area contributed by atoms with Gasteiger partial charge in [-0.05, 0) is 30.3 Å². The Labute approximate surface area is 226 Å². The van der Waals surface area contributed by atoms with Crippen molar-refractivity contribution in [2.24, 2.45) is 0 Å². The molecule has 0 unspecified atom stereocenters. The van der Waals surface area contributed by atoms with Gasteiger partial charge in [-0.1, -0.05) is 52.0 Å². The van der Waals surface area contributed by atoms with Gasteiger partial charge in [0.2, 0.25) is 5.91 Å². The quantitative estimate of drug-likeness (QED) is 0.159. The Kier molecular flexibility index (Phi) is 8.67. The highest BCUT2D eigenvalue weighted by molar-refractivity contribution is 9.10. The number of allylic oxidation sites excluding steroid dienone is 1. The molecule has 2 aromatic carbocycles. The number of thiazole rings is 1. The zero-order chi connectivity index (χ0) is 26.4. The molecular formula is C24H19BrF3N5O2S2. The van der Waals surface area contributed by atoms with Crippen LogP contribution in [0.15, 0.2) is 76.2 Å². The van der Waals surface area contributed by atoms with Crippen molar-refractivity contribution in [3.05, 3.63) is 82.4 Å². The molecule has 0 bridgehead atoms. The second-order valence-electron chi connectivity index (χ2n) is 7.49. The van der Waals surface area contributed by atoms with Crippen molar-refractivity contribution in [3.63, 3.8) is 0 Å². The third-order valence-electron chi connectivity index (χ3n) is 4.86. The maximum atomic E-state index is 12.9. The van der Waals surface area contributed by atoms with Crippen molar-refractivity contribution in [2.75, 3.05) is 11.1 Å². The lowest BCUT2D eigenvalue weighted by Gasteiger charge is -2.11. The van der Waals surface area contributed by atoms with Crippen LogP contribution in [-0.2, 0) is 24.1 Å². The largest absolute Gasteiger partial charge is 0.486 e. The predicted octanol–water partition coefficient (Wildman–Crippen LogP) is 6.68. The number of aromatic nitrogens is 4. The summed E-state index contributed by atoms with van der Waals surface area (Å²) < 4.78 is 47.0. The summed E-state index contributed by atoms with van der Waals surface area (Å²) in [5.74, 6) is 0.232. The zero-order valence-electron chi connectivity index (χ0n) is 19.0. The van der Waals surface area contributed by atoms with E-state index in [-0.39, 0.29) is 24.0 Å². The highest BCUT2D eigenvalue weighted by Gasteiger charge is 2.30. The minimum Gasteiger partial charge on any atom is -0.486 e. The van der Waals surface area contributed by atoms with Gasteiger partial charge in [0.25, 0.3) is 0 Å². The fraction of sp³-hybridized carbons (Fsp3) is 0.167. The van der Waals surface area contributed by atoms with Gasteiger partial charge in [-0.25, -0.2) is 4.98 Å². The maximum absolute atomic E-state index is 12.9. The van der Waals surface area contributed by atoms with Crippen LogP contribution in [0.2, 0.25) is 0 Å². The standard InChI is InChI=1S/C24H19BrF3N5O2S2/c1-2-10-33-20(12-35-18-5-3-4-16(11-18)24(26,27)28)31-32-23(33)37-14-21(34)30-22-29-19(13-36-22)15-6-8-17(25)9-7-15/h2-9,11,13H,1,10,12,14H2,(H,29,30,34). The number of hydrogen-bond donors (Lipinski definition) is 1. The highest BCUT2D eigenvalue weighted by Crippen LogP contribution is 2.31. The van der Waals surface area contributed by atoms with E-state index in [1.54, 1.807) is 10.6 Å². The van der Waals surface area contributed by atoms with Gasteiger partial charge in [0, 0.05) is 22.0 Å². The second-order valence-corrected chi connectivity index (χ2v) is 10.2. The minimum atomic E-state index is -4.47. The average molecular weight is 610 g/mol. The monoisotopic (exact) mass is 609 g/mol. The molecule has 0 fully saturated rings. The first-order chi connectivity index (χ1) is 17.7. The summed E-state index contributed by atoms with van der Waals surface area (Å²) in [6.45, 7) is 3.95. The summed E-state index contributed by atoms with van der Waals surface area (Å²) >= 11 is 5.89. The number of carbonyl (C=O) groups excluding carboxylic acids is 1. The van der Waals surface area contributed by atoms with Crippen molar-refractivity contribution in [3.8, 4) is 17.0 Å². The summed E-state index contributed by atoms with van der Waals surface area (Å²) in [5, 5.41) is 13.8. The van der Waals surface area contributed by atoms with E-state index >= 15 is 0 Å². The molecule has 37 heavy (non-hydrogen) atoms. The molecule has 0 radical (unpaired) electrons. The molecule has 0 aliphatic heterocycles. The minimum absolute atomic E-state index is 0.0525. The summed E-state index contributed by atoms with van der Waals surface area (Å²) in [7, 11) is 0. The molecule has 2 aromatic heterocycles. The van der Waals surface area contributed by atoms with E-state index in [4.69, 9.17) is 4.74 Å². The fourth-order valence-electron chi connectivity index (χ4n) is 3.12. The van der Waals surface area contributed by atoms with E-state index in [2.05, 4.69) is 43.0 Å². The number of hydrogen-bond acceptors (Lipinski definition) is 7. The molecule has 0 aliphatic rings. The molecule has 4 aromatic rings. The van der Waals surface area contributed by atoms with Gasteiger partial charge < -0.3 is 10.1 Å². The molecule has 0 saturated heterocycles. The Morgan fingerprint density at radius 2 is 2.00 bits per heavy atom. The van der Waals surface area contributed by atoms with E-state index in [0.29, 0.717) is 22.7 Å². The predicted molar refractivity (Wildman–Crippen MR) is 141 cm³/mol. The topological polar surface area (TPSA) is 81.9 Å². The third kappa shape index (κ3) is 7.21. The number of anilines is 1. The van der Waals surface area contributed by atoms with Gasteiger partial charge in [0.05, 0.1) is 17.0 Å². The number of benzene rings is 2. The van der Waals surface area contributed by atoms with Gasteiger partial charge in [0.1, 0.15) is 12.4 Å². The normalized spacial score (nSPS) is 11.4. The van der Waals surface area contributed by atoms with Crippen LogP contribution in [0.4, 0.5) is 18.3 Å². The van der Waals surface area contributed by atoms with E-state index < -0.39 is 11.7 Å². The first-order valence-electron chi connectivity index (χ1n) is 10.7. The number of halogens is 4. The number of alkyl halides is 3. The molecule has 0 aliphatic carbocycles.